The molecule has 52 heavy (non-hydrogen) atoms. The molecule has 0 amide bonds. The zero-order chi connectivity index (χ0) is 41.4. The zero-order valence-corrected chi connectivity index (χ0v) is 57.4. The van der Waals surface area contributed by atoms with Crippen LogP contribution in [-0.2, 0) is 0 Å². The average molecular weight is 1110 g/mol. The van der Waals surface area contributed by atoms with Gasteiger partial charge in [0.05, 0.1) is 0 Å². The molecule has 0 atom stereocenters. The molecule has 2 fully saturated rings. The molecule has 0 nitrogen and oxygen atoms in total. The molecule has 0 aliphatic carbocycles. The van der Waals surface area contributed by atoms with Crippen molar-refractivity contribution < 1.29 is 0 Å². The first-order valence-electron chi connectivity index (χ1n) is 20.5. The second kappa shape index (κ2) is 15.3. The topological polar surface area (TPSA) is 0 Å². The molecule has 308 valence electrons. The Balaban J connectivity index is 0. The largest absolute Gasteiger partial charge is 0 e. The van der Waals surface area contributed by atoms with Crippen LogP contribution in [0.4, 0.5) is 0 Å². The van der Waals surface area contributed by atoms with Crippen LogP contribution in [0.3, 0.4) is 0 Å². The summed E-state index contributed by atoms with van der Waals surface area (Å²) in [4.78, 5) is 0. The van der Waals surface area contributed by atoms with E-state index in [0.717, 1.165) is 14.0 Å². The molecule has 0 unspecified atom stereocenters. The quantitative estimate of drug-likeness (QED) is 0.213. The van der Waals surface area contributed by atoms with E-state index in [0.29, 0.717) is 21.7 Å². The van der Waals surface area contributed by atoms with Crippen LogP contribution in [0.2, 0.25) is 171 Å². The predicted molar refractivity (Wildman–Crippen MR) is 276 cm³/mol. The van der Waals surface area contributed by atoms with E-state index in [4.69, 9.17) is 0 Å². The third kappa shape index (κ3) is 7.48. The van der Waals surface area contributed by atoms with Crippen LogP contribution in [0.15, 0.2) is 0 Å². The molecule has 2 heterocycles. The minimum atomic E-state index is -1.32. The Kier molecular flexibility index (Phi) is 17.1. The summed E-state index contributed by atoms with van der Waals surface area (Å²) in [7, 11) is -10.6. The molecule has 2 aliphatic heterocycles. The molecule has 0 bridgehead atoms. The molecular weight excluding hydrogens is 1010 g/mol. The van der Waals surface area contributed by atoms with Gasteiger partial charge in [0.1, 0.15) is 0 Å². The Bertz CT molecular complexity index is 1000. The fourth-order valence-electron chi connectivity index (χ4n) is 16.6. The maximum atomic E-state index is 2.73. The maximum absolute atomic E-state index is 2.73. The monoisotopic (exact) mass is 1110 g/mol. The van der Waals surface area contributed by atoms with Crippen molar-refractivity contribution in [1.29, 1.82) is 0 Å². The van der Waals surface area contributed by atoms with Crippen LogP contribution in [-0.4, -0.2) is 130 Å². The molecule has 2 aliphatic rings. The third-order valence-corrected chi connectivity index (χ3v) is 109. The number of hydrogen-bond acceptors (Lipinski definition) is 0. The van der Waals surface area contributed by atoms with E-state index in [9.17, 15) is 0 Å². The smallest absolute Gasteiger partial charge is 0 e. The van der Waals surface area contributed by atoms with Crippen molar-refractivity contribution in [3.63, 3.8) is 0 Å². The van der Waals surface area contributed by atoms with Crippen molar-refractivity contribution in [2.75, 3.05) is 0 Å². The van der Waals surface area contributed by atoms with Crippen molar-refractivity contribution >= 4 is 130 Å². The fourth-order valence-corrected chi connectivity index (χ4v) is 113. The van der Waals surface area contributed by atoms with Crippen molar-refractivity contribution in [3.05, 3.63) is 0 Å². The summed E-state index contributed by atoms with van der Waals surface area (Å²) in [6.45, 7) is 87.4. The molecule has 0 N–H and O–H groups in total. The van der Waals surface area contributed by atoms with Crippen LogP contribution in [0.1, 0.15) is 55.4 Å². The molecule has 0 aromatic carbocycles. The second-order valence-corrected chi connectivity index (χ2v) is 87.5. The standard InChI is InChI=1S/2C20H48GeSi4.2Se/c2*1-17(2)18(3,4)20(24(11,12)13,25(14,15)16)21-19(17,22(5,6)7)23(8,9)10;;/h2*1-16H3;;. The second-order valence-electron chi connectivity index (χ2n) is 27.8. The maximum Gasteiger partial charge on any atom is 0 e. The van der Waals surface area contributed by atoms with Gasteiger partial charge in [-0.2, -0.15) is 0 Å². The summed E-state index contributed by atoms with van der Waals surface area (Å²) in [5.74, 6) is 0. The van der Waals surface area contributed by atoms with E-state index < -0.39 is 64.6 Å². The fraction of sp³-hybridized carbons (Fsp3) is 1.00. The third-order valence-electron chi connectivity index (χ3n) is 16.6. The number of hydrogen-bond donors (Lipinski definition) is 0. The normalized spacial score (nSPS) is 24.9. The van der Waals surface area contributed by atoms with Gasteiger partial charge in [0.25, 0.3) is 0 Å². The van der Waals surface area contributed by atoms with Gasteiger partial charge in [-0.1, -0.05) is 0 Å². The predicted octanol–water partition coefficient (Wildman–Crippen LogP) is 14.4. The van der Waals surface area contributed by atoms with Crippen LogP contribution in [0, 0.1) is 21.7 Å². The van der Waals surface area contributed by atoms with Crippen molar-refractivity contribution in [2.24, 2.45) is 21.7 Å². The van der Waals surface area contributed by atoms with Gasteiger partial charge in [-0.15, -0.1) is 0 Å². The van der Waals surface area contributed by atoms with E-state index in [1.54, 1.807) is 0 Å². The van der Waals surface area contributed by atoms with Gasteiger partial charge in [0, 0.05) is 34.1 Å². The van der Waals surface area contributed by atoms with Gasteiger partial charge in [-0.3, -0.25) is 0 Å². The Labute approximate surface area is 373 Å². The van der Waals surface area contributed by atoms with Gasteiger partial charge in [-0.25, -0.2) is 0 Å². The van der Waals surface area contributed by atoms with E-state index in [-0.39, 0.29) is 65.0 Å². The van der Waals surface area contributed by atoms with Crippen LogP contribution >= 0.6 is 0 Å². The van der Waals surface area contributed by atoms with E-state index >= 15 is 0 Å². The Morgan fingerprint density at radius 2 is 0.288 bits per heavy atom. The molecule has 2 rings (SSSR count). The summed E-state index contributed by atoms with van der Waals surface area (Å²) in [6.07, 6.45) is 0. The summed E-state index contributed by atoms with van der Waals surface area (Å²) >= 11 is -0.0895. The van der Waals surface area contributed by atoms with E-state index in [1.165, 1.54) is 0 Å². The molecule has 0 aromatic heterocycles. The Morgan fingerprint density at radius 1 is 0.212 bits per heavy atom. The van der Waals surface area contributed by atoms with Gasteiger partial charge < -0.3 is 0 Å². The Morgan fingerprint density at radius 3 is 0.327 bits per heavy atom. The van der Waals surface area contributed by atoms with Crippen molar-refractivity contribution in [3.8, 4) is 0 Å². The van der Waals surface area contributed by atoms with Gasteiger partial charge in [-0.05, 0) is 0 Å². The van der Waals surface area contributed by atoms with Gasteiger partial charge in [0.15, 0.2) is 0 Å². The Hall–Kier alpha value is 3.86. The van der Waals surface area contributed by atoms with E-state index in [2.05, 4.69) is 213 Å². The van der Waals surface area contributed by atoms with Crippen LogP contribution in [0.25, 0.3) is 0 Å². The van der Waals surface area contributed by atoms with Crippen LogP contribution < -0.4 is 0 Å². The summed E-state index contributed by atoms with van der Waals surface area (Å²) in [5.41, 5.74) is 1.87. The minimum Gasteiger partial charge on any atom is 0 e. The average Bonchev–Trinajstić information content (AvgIpc) is 3.00. The van der Waals surface area contributed by atoms with Crippen LogP contribution in [0.5, 0.6) is 0 Å². The zero-order valence-electron chi connectivity index (χ0n) is 41.8. The first-order chi connectivity index (χ1) is 20.9. The summed E-state index contributed by atoms with van der Waals surface area (Å²) in [6, 6.07) is 0. The molecule has 12 heteroatoms. The SMILES string of the molecule is CC1(C)C(C)(C)[C]([Si](C)(C)C)([Si](C)(C)C)[Ge][C]1([Si](C)(C)C)[Si](C)(C)C.CC1(C)C(C)(C)[C]([Si](C)(C)C)([Si](C)(C)C)[Ge][C]1([Si](C)(C)C)[Si](C)(C)C.[Se].[Se]. The molecule has 0 spiro atoms. The van der Waals surface area contributed by atoms with Crippen molar-refractivity contribution in [2.45, 2.75) is 226 Å². The molecule has 0 aromatic rings. The minimum absolute atomic E-state index is 0. The first kappa shape index (κ1) is 58.0. The first-order valence-corrected chi connectivity index (χ1v) is 52.7. The number of rotatable bonds is 8. The molecular formula is C40H96Ge2Se2Si8. The molecule has 0 saturated carbocycles. The summed E-state index contributed by atoms with van der Waals surface area (Å²) in [5, 5.41) is 0. The molecule has 2 saturated heterocycles. The van der Waals surface area contributed by atoms with Gasteiger partial charge in [0.2, 0.25) is 0 Å². The summed E-state index contributed by atoms with van der Waals surface area (Å²) < 4.78 is 2.88. The van der Waals surface area contributed by atoms with Gasteiger partial charge >= 0.3 is 344 Å². The van der Waals surface area contributed by atoms with Crippen molar-refractivity contribution in [1.82, 2.24) is 0 Å². The molecule has 8 radical (unpaired) electrons. The van der Waals surface area contributed by atoms with E-state index in [1.807, 2.05) is 0 Å².